The first-order valence-corrected chi connectivity index (χ1v) is 11.8. The highest BCUT2D eigenvalue weighted by atomic mass is 79.9. The Labute approximate surface area is 208 Å². The third-order valence-corrected chi connectivity index (χ3v) is 6.44. The molecule has 0 radical (unpaired) electrons. The maximum absolute atomic E-state index is 13.2. The minimum absolute atomic E-state index is 0.0468. The molecule has 0 bridgehead atoms. The van der Waals surface area contributed by atoms with Crippen LogP contribution in [0.25, 0.3) is 0 Å². The zero-order valence-electron chi connectivity index (χ0n) is 17.6. The molecule has 1 aliphatic rings. The van der Waals surface area contributed by atoms with E-state index in [1.54, 1.807) is 36.4 Å². The number of amides is 2. The summed E-state index contributed by atoms with van der Waals surface area (Å²) in [4.78, 5) is 27.2. The summed E-state index contributed by atoms with van der Waals surface area (Å²) < 4.78 is 0.894. The van der Waals surface area contributed by atoms with E-state index in [0.717, 1.165) is 21.8 Å². The molecule has 0 aromatic heterocycles. The molecule has 0 saturated carbocycles. The number of halogens is 1. The molecule has 3 N–H and O–H groups in total. The number of nitrogens with zero attached hydrogens (tertiary/aromatic N) is 3. The van der Waals surface area contributed by atoms with Crippen LogP contribution in [-0.2, 0) is 9.59 Å². The molecule has 3 aromatic rings. The van der Waals surface area contributed by atoms with Crippen molar-refractivity contribution in [2.24, 2.45) is 10.2 Å². The van der Waals surface area contributed by atoms with Gasteiger partial charge in [0.1, 0.15) is 16.7 Å². The minimum Gasteiger partial charge on any atom is -0.508 e. The Kier molecular flexibility index (Phi) is 7.29. The van der Waals surface area contributed by atoms with E-state index in [2.05, 4.69) is 31.4 Å². The highest BCUT2D eigenvalue weighted by Crippen LogP contribution is 2.34. The number of hydrogen-bond acceptors (Lipinski definition) is 7. The van der Waals surface area contributed by atoms with Gasteiger partial charge in [0.25, 0.3) is 0 Å². The van der Waals surface area contributed by atoms with Crippen molar-refractivity contribution < 1.29 is 19.8 Å². The van der Waals surface area contributed by atoms with Gasteiger partial charge in [-0.25, -0.2) is 0 Å². The molecule has 8 nitrogen and oxygen atoms in total. The van der Waals surface area contributed by atoms with Gasteiger partial charge in [0.05, 0.1) is 11.9 Å². The standard InChI is InChI=1S/C24H19BrN4O4S/c25-16-3-5-17(6-4-16)27-22(32)13-21-23(33)29(18-7-11-20(31)12-8-18)24(34-21)28-26-14-15-1-9-19(30)10-2-15/h1-12,14,21,30-31H,13H2,(H,27,32)/b26-14+,28-24+. The average Bonchev–Trinajstić information content (AvgIpc) is 3.12. The van der Waals surface area contributed by atoms with Gasteiger partial charge in [-0.2, -0.15) is 5.10 Å². The van der Waals surface area contributed by atoms with Crippen LogP contribution in [-0.4, -0.2) is 38.7 Å². The lowest BCUT2D eigenvalue weighted by molar-refractivity contribution is -0.121. The maximum Gasteiger partial charge on any atom is 0.247 e. The number of benzene rings is 3. The molecule has 0 spiro atoms. The van der Waals surface area contributed by atoms with E-state index in [-0.39, 0.29) is 29.7 Å². The summed E-state index contributed by atoms with van der Waals surface area (Å²) in [6, 6.07) is 19.7. The zero-order valence-corrected chi connectivity index (χ0v) is 20.0. The smallest absolute Gasteiger partial charge is 0.247 e. The van der Waals surface area contributed by atoms with E-state index in [4.69, 9.17) is 0 Å². The molecule has 0 aliphatic carbocycles. The van der Waals surface area contributed by atoms with Crippen LogP contribution in [0.5, 0.6) is 11.5 Å². The van der Waals surface area contributed by atoms with Crippen molar-refractivity contribution in [3.63, 3.8) is 0 Å². The van der Waals surface area contributed by atoms with Crippen LogP contribution < -0.4 is 10.2 Å². The van der Waals surface area contributed by atoms with E-state index in [1.807, 2.05) is 12.1 Å². The van der Waals surface area contributed by atoms with Crippen LogP contribution >= 0.6 is 27.7 Å². The second-order valence-electron chi connectivity index (χ2n) is 7.27. The van der Waals surface area contributed by atoms with E-state index in [9.17, 15) is 19.8 Å². The van der Waals surface area contributed by atoms with E-state index in [1.165, 1.54) is 35.4 Å². The number of hydrogen-bond donors (Lipinski definition) is 3. The molecule has 172 valence electrons. The fraction of sp³-hybridized carbons (Fsp3) is 0.0833. The van der Waals surface area contributed by atoms with Crippen LogP contribution in [0, 0.1) is 0 Å². The normalized spacial score (nSPS) is 17.0. The summed E-state index contributed by atoms with van der Waals surface area (Å²) in [6.07, 6.45) is 1.45. The number of aromatic hydroxyl groups is 2. The van der Waals surface area contributed by atoms with Crippen LogP contribution in [0.15, 0.2) is 87.5 Å². The van der Waals surface area contributed by atoms with Crippen molar-refractivity contribution in [3.8, 4) is 11.5 Å². The lowest BCUT2D eigenvalue weighted by Crippen LogP contribution is -2.33. The van der Waals surface area contributed by atoms with Crippen molar-refractivity contribution >= 4 is 62.3 Å². The number of amidine groups is 1. The monoisotopic (exact) mass is 538 g/mol. The van der Waals surface area contributed by atoms with Crippen molar-refractivity contribution in [3.05, 3.63) is 82.8 Å². The second-order valence-corrected chi connectivity index (χ2v) is 9.36. The third kappa shape index (κ3) is 5.83. The van der Waals surface area contributed by atoms with Gasteiger partial charge in [0, 0.05) is 16.6 Å². The van der Waals surface area contributed by atoms with Crippen LogP contribution in [0.4, 0.5) is 11.4 Å². The molecule has 1 aliphatic heterocycles. The van der Waals surface area contributed by atoms with Crippen LogP contribution in [0.2, 0.25) is 0 Å². The quantitative estimate of drug-likeness (QED) is 0.310. The van der Waals surface area contributed by atoms with E-state index in [0.29, 0.717) is 16.5 Å². The fourth-order valence-corrected chi connectivity index (χ4v) is 4.48. The lowest BCUT2D eigenvalue weighted by atomic mass is 10.2. The Morgan fingerprint density at radius 3 is 2.26 bits per heavy atom. The minimum atomic E-state index is -0.688. The van der Waals surface area contributed by atoms with Crippen LogP contribution in [0.3, 0.4) is 0 Å². The lowest BCUT2D eigenvalue weighted by Gasteiger charge is -2.16. The Hall–Kier alpha value is -3.63. The topological polar surface area (TPSA) is 115 Å². The molecular formula is C24H19BrN4O4S. The summed E-state index contributed by atoms with van der Waals surface area (Å²) in [6.45, 7) is 0. The summed E-state index contributed by atoms with van der Waals surface area (Å²) in [5.41, 5.74) is 1.86. The molecule has 4 rings (SSSR count). The molecule has 34 heavy (non-hydrogen) atoms. The predicted octanol–water partition coefficient (Wildman–Crippen LogP) is 4.73. The first-order valence-electron chi connectivity index (χ1n) is 10.1. The number of anilines is 2. The Balaban J connectivity index is 1.53. The summed E-state index contributed by atoms with van der Waals surface area (Å²) in [7, 11) is 0. The molecule has 10 heteroatoms. The SMILES string of the molecule is O=C(CC1S/C(=N/N=C/c2ccc(O)cc2)N(c2ccc(O)cc2)C1=O)Nc1ccc(Br)cc1. The van der Waals surface area contributed by atoms with Gasteiger partial charge >= 0.3 is 0 Å². The van der Waals surface area contributed by atoms with Gasteiger partial charge in [-0.3, -0.25) is 14.5 Å². The highest BCUT2D eigenvalue weighted by molar-refractivity contribution is 9.10. The van der Waals surface area contributed by atoms with Crippen molar-refractivity contribution in [1.82, 2.24) is 0 Å². The van der Waals surface area contributed by atoms with Gasteiger partial charge in [-0.05, 0) is 78.4 Å². The molecule has 1 atom stereocenters. The summed E-state index contributed by atoms with van der Waals surface area (Å²) >= 11 is 4.50. The molecular weight excluding hydrogens is 520 g/mol. The number of rotatable bonds is 6. The van der Waals surface area contributed by atoms with Crippen molar-refractivity contribution in [1.29, 1.82) is 0 Å². The maximum atomic E-state index is 13.2. The first kappa shape index (κ1) is 23.5. The van der Waals surface area contributed by atoms with Crippen LogP contribution in [0.1, 0.15) is 12.0 Å². The Morgan fingerprint density at radius 1 is 1.00 bits per heavy atom. The van der Waals surface area contributed by atoms with Gasteiger partial charge in [-0.1, -0.05) is 27.7 Å². The predicted molar refractivity (Wildman–Crippen MR) is 137 cm³/mol. The molecule has 1 saturated heterocycles. The Morgan fingerprint density at radius 2 is 1.62 bits per heavy atom. The molecule has 1 unspecified atom stereocenters. The number of carbonyl (C=O) groups is 2. The number of nitrogens with one attached hydrogen (secondary N) is 1. The average molecular weight is 539 g/mol. The van der Waals surface area contributed by atoms with Gasteiger partial charge in [0.15, 0.2) is 5.17 Å². The first-order chi connectivity index (χ1) is 16.4. The number of phenols is 2. The van der Waals surface area contributed by atoms with E-state index < -0.39 is 5.25 Å². The highest BCUT2D eigenvalue weighted by Gasteiger charge is 2.40. The number of phenolic OH excluding ortho intramolecular Hbond substituents is 2. The third-order valence-electron chi connectivity index (χ3n) is 4.78. The number of thioether (sulfide) groups is 1. The summed E-state index contributed by atoms with van der Waals surface area (Å²) in [5.74, 6) is -0.395. The largest absolute Gasteiger partial charge is 0.508 e. The molecule has 2 amide bonds. The molecule has 1 fully saturated rings. The van der Waals surface area contributed by atoms with Crippen molar-refractivity contribution in [2.45, 2.75) is 11.7 Å². The number of carbonyl (C=O) groups excluding carboxylic acids is 2. The molecule has 3 aromatic carbocycles. The zero-order chi connectivity index (χ0) is 24.1. The van der Waals surface area contributed by atoms with Gasteiger partial charge in [-0.15, -0.1) is 5.10 Å². The van der Waals surface area contributed by atoms with Gasteiger partial charge in [0.2, 0.25) is 11.8 Å². The molecule has 1 heterocycles. The summed E-state index contributed by atoms with van der Waals surface area (Å²) in [5, 5.41) is 29.7. The fourth-order valence-electron chi connectivity index (χ4n) is 3.12. The van der Waals surface area contributed by atoms with Crippen molar-refractivity contribution in [2.75, 3.05) is 10.2 Å². The Bertz CT molecular complexity index is 1250. The van der Waals surface area contributed by atoms with E-state index >= 15 is 0 Å². The van der Waals surface area contributed by atoms with Gasteiger partial charge < -0.3 is 15.5 Å². The second kappa shape index (κ2) is 10.5.